The molecule has 10 nitrogen and oxygen atoms in total. The third-order valence-electron chi connectivity index (χ3n) is 5.69. The number of azo groups is 2. The largest absolute Gasteiger partial charge is 0.507 e. The molecule has 0 aliphatic carbocycles. The van der Waals surface area contributed by atoms with Crippen LogP contribution in [0.25, 0.3) is 11.1 Å². The number of hydrogen-bond acceptors (Lipinski definition) is 8. The standard InChI is InChI=1S/C28H22N4O6/c1-15-11-17(3-7-23(15)31-29-19-5-9-25(33)21(13-19)27(35)36)18-4-8-24(16(2)12-18)32-30-20-6-10-26(34)22(14-20)28(37)38/h3-14,33-34H,1-2H3,(H,35,36)(H,37,38). The molecule has 0 aliphatic heterocycles. The third-order valence-corrected chi connectivity index (χ3v) is 5.69. The molecule has 4 aromatic rings. The van der Waals surface area contributed by atoms with Crippen LogP contribution in [0.4, 0.5) is 22.7 Å². The second kappa shape index (κ2) is 10.7. The van der Waals surface area contributed by atoms with Gasteiger partial charge in [-0.25, -0.2) is 9.59 Å². The smallest absolute Gasteiger partial charge is 0.339 e. The van der Waals surface area contributed by atoms with Crippen LogP contribution in [0.2, 0.25) is 0 Å². The molecule has 0 spiro atoms. The number of aromatic hydroxyl groups is 2. The maximum atomic E-state index is 11.2. The van der Waals surface area contributed by atoms with Crippen molar-refractivity contribution >= 4 is 34.7 Å². The molecule has 0 bridgehead atoms. The van der Waals surface area contributed by atoms with E-state index in [1.54, 1.807) is 12.1 Å². The summed E-state index contributed by atoms with van der Waals surface area (Å²) in [5.74, 6) is -3.19. The van der Waals surface area contributed by atoms with Crippen molar-refractivity contribution in [2.45, 2.75) is 13.8 Å². The summed E-state index contributed by atoms with van der Waals surface area (Å²) in [5.41, 5.74) is 4.90. The predicted molar refractivity (Wildman–Crippen MR) is 140 cm³/mol. The Hall–Kier alpha value is -5.38. The molecule has 0 aliphatic rings. The summed E-state index contributed by atoms with van der Waals surface area (Å²) in [6, 6.07) is 19.3. The van der Waals surface area contributed by atoms with Crippen molar-refractivity contribution in [3.63, 3.8) is 0 Å². The SMILES string of the molecule is Cc1cc(-c2ccc(N=Nc3ccc(O)c(C(=O)O)c3)c(C)c2)ccc1N=Nc1ccc(O)c(C(=O)O)c1. The van der Waals surface area contributed by atoms with E-state index in [2.05, 4.69) is 20.5 Å². The normalized spacial score (nSPS) is 11.3. The van der Waals surface area contributed by atoms with Gasteiger partial charge in [0.05, 0.1) is 22.7 Å². The molecule has 38 heavy (non-hydrogen) atoms. The Morgan fingerprint density at radius 1 is 0.553 bits per heavy atom. The molecule has 0 amide bonds. The molecule has 0 fully saturated rings. The summed E-state index contributed by atoms with van der Waals surface area (Å²) in [7, 11) is 0. The minimum Gasteiger partial charge on any atom is -0.507 e. The molecule has 0 saturated heterocycles. The van der Waals surface area contributed by atoms with E-state index >= 15 is 0 Å². The third kappa shape index (κ3) is 5.71. The number of aromatic carboxylic acids is 2. The molecule has 4 rings (SSSR count). The first-order valence-corrected chi connectivity index (χ1v) is 11.3. The number of aryl methyl sites for hydroxylation is 2. The van der Waals surface area contributed by atoms with Crippen LogP contribution in [-0.2, 0) is 0 Å². The topological polar surface area (TPSA) is 164 Å². The minimum atomic E-state index is -1.25. The van der Waals surface area contributed by atoms with Crippen LogP contribution in [-0.4, -0.2) is 32.4 Å². The zero-order valence-electron chi connectivity index (χ0n) is 20.3. The van der Waals surface area contributed by atoms with Crippen LogP contribution in [0.1, 0.15) is 31.8 Å². The Labute approximate surface area is 216 Å². The van der Waals surface area contributed by atoms with E-state index in [-0.39, 0.29) is 22.6 Å². The molecule has 0 aromatic heterocycles. The summed E-state index contributed by atoms with van der Waals surface area (Å²) in [4.78, 5) is 22.4. The summed E-state index contributed by atoms with van der Waals surface area (Å²) >= 11 is 0. The number of hydrogen-bond donors (Lipinski definition) is 4. The summed E-state index contributed by atoms with van der Waals surface area (Å²) in [5, 5.41) is 54.2. The van der Waals surface area contributed by atoms with Crippen LogP contribution in [0.15, 0.2) is 93.3 Å². The molecule has 190 valence electrons. The number of carboxylic acid groups (broad SMARTS) is 2. The Morgan fingerprint density at radius 2 is 0.947 bits per heavy atom. The predicted octanol–water partition coefficient (Wildman–Crippen LogP) is 7.61. The number of carbonyl (C=O) groups is 2. The van der Waals surface area contributed by atoms with Gasteiger partial charge >= 0.3 is 11.9 Å². The van der Waals surface area contributed by atoms with Gasteiger partial charge < -0.3 is 20.4 Å². The lowest BCUT2D eigenvalue weighted by molar-refractivity contribution is 0.0682. The van der Waals surface area contributed by atoms with E-state index in [0.29, 0.717) is 22.7 Å². The number of benzene rings is 4. The maximum absolute atomic E-state index is 11.2. The van der Waals surface area contributed by atoms with E-state index in [4.69, 9.17) is 10.2 Å². The lowest BCUT2D eigenvalue weighted by Crippen LogP contribution is -1.95. The molecule has 4 aromatic carbocycles. The maximum Gasteiger partial charge on any atom is 0.339 e. The molecular formula is C28H22N4O6. The van der Waals surface area contributed by atoms with Gasteiger partial charge in [-0.2, -0.15) is 20.5 Å². The summed E-state index contributed by atoms with van der Waals surface area (Å²) in [6.45, 7) is 3.77. The van der Waals surface area contributed by atoms with Gasteiger partial charge in [-0.15, -0.1) is 0 Å². The van der Waals surface area contributed by atoms with Crippen molar-refractivity contribution < 1.29 is 30.0 Å². The molecule has 10 heteroatoms. The Kier molecular flexibility index (Phi) is 7.24. The van der Waals surface area contributed by atoms with Crippen molar-refractivity contribution in [1.29, 1.82) is 0 Å². The first-order valence-electron chi connectivity index (χ1n) is 11.3. The van der Waals surface area contributed by atoms with Gasteiger partial charge in [0.15, 0.2) is 0 Å². The van der Waals surface area contributed by atoms with Crippen LogP contribution in [0.3, 0.4) is 0 Å². The highest BCUT2D eigenvalue weighted by Crippen LogP contribution is 2.32. The van der Waals surface area contributed by atoms with E-state index in [9.17, 15) is 19.8 Å². The Morgan fingerprint density at radius 3 is 1.29 bits per heavy atom. The molecule has 0 saturated carbocycles. The highest BCUT2D eigenvalue weighted by atomic mass is 16.4. The highest BCUT2D eigenvalue weighted by Gasteiger charge is 2.11. The lowest BCUT2D eigenvalue weighted by atomic mass is 10.0. The number of nitrogens with zero attached hydrogens (tertiary/aromatic N) is 4. The van der Waals surface area contributed by atoms with Crippen LogP contribution < -0.4 is 0 Å². The Bertz CT molecular complexity index is 1510. The average molecular weight is 511 g/mol. The van der Waals surface area contributed by atoms with Crippen molar-refractivity contribution in [2.24, 2.45) is 20.5 Å². The number of rotatable bonds is 7. The zero-order chi connectivity index (χ0) is 27.4. The number of phenols is 2. The fraction of sp³-hybridized carbons (Fsp3) is 0.0714. The van der Waals surface area contributed by atoms with Crippen LogP contribution >= 0.6 is 0 Å². The second-order valence-corrected chi connectivity index (χ2v) is 8.42. The van der Waals surface area contributed by atoms with Gasteiger partial charge in [0, 0.05) is 0 Å². The van der Waals surface area contributed by atoms with E-state index in [1.807, 2.05) is 38.1 Å². The fourth-order valence-electron chi connectivity index (χ4n) is 3.63. The van der Waals surface area contributed by atoms with Crippen molar-refractivity contribution in [3.05, 3.63) is 95.1 Å². The lowest BCUT2D eigenvalue weighted by Gasteiger charge is -2.08. The van der Waals surface area contributed by atoms with E-state index in [1.165, 1.54) is 36.4 Å². The van der Waals surface area contributed by atoms with Crippen molar-refractivity contribution in [1.82, 2.24) is 0 Å². The molecule has 0 atom stereocenters. The molecule has 0 radical (unpaired) electrons. The molecular weight excluding hydrogens is 488 g/mol. The highest BCUT2D eigenvalue weighted by molar-refractivity contribution is 5.92. The van der Waals surface area contributed by atoms with Crippen molar-refractivity contribution in [3.8, 4) is 22.6 Å². The van der Waals surface area contributed by atoms with Gasteiger partial charge in [0.25, 0.3) is 0 Å². The summed E-state index contributed by atoms with van der Waals surface area (Å²) in [6.07, 6.45) is 0. The van der Waals surface area contributed by atoms with Gasteiger partial charge in [0.2, 0.25) is 0 Å². The first kappa shape index (κ1) is 25.7. The van der Waals surface area contributed by atoms with Gasteiger partial charge in [-0.05, 0) is 96.8 Å². The molecule has 0 unspecified atom stereocenters. The zero-order valence-corrected chi connectivity index (χ0v) is 20.3. The van der Waals surface area contributed by atoms with Crippen LogP contribution in [0, 0.1) is 13.8 Å². The number of carboxylic acids is 2. The first-order chi connectivity index (χ1) is 18.1. The van der Waals surface area contributed by atoms with Gasteiger partial charge in [0.1, 0.15) is 22.6 Å². The van der Waals surface area contributed by atoms with Gasteiger partial charge in [-0.1, -0.05) is 12.1 Å². The fourth-order valence-corrected chi connectivity index (χ4v) is 3.63. The van der Waals surface area contributed by atoms with Crippen LogP contribution in [0.5, 0.6) is 11.5 Å². The molecule has 4 N–H and O–H groups in total. The van der Waals surface area contributed by atoms with Gasteiger partial charge in [-0.3, -0.25) is 0 Å². The second-order valence-electron chi connectivity index (χ2n) is 8.42. The van der Waals surface area contributed by atoms with E-state index in [0.717, 1.165) is 22.3 Å². The molecule has 0 heterocycles. The Balaban J connectivity index is 1.53. The quantitative estimate of drug-likeness (QED) is 0.187. The average Bonchev–Trinajstić information content (AvgIpc) is 2.88. The van der Waals surface area contributed by atoms with Crippen molar-refractivity contribution in [2.75, 3.05) is 0 Å². The summed E-state index contributed by atoms with van der Waals surface area (Å²) < 4.78 is 0. The minimum absolute atomic E-state index is 0.250. The van der Waals surface area contributed by atoms with E-state index < -0.39 is 11.9 Å². The monoisotopic (exact) mass is 510 g/mol.